The summed E-state index contributed by atoms with van der Waals surface area (Å²) in [6.45, 7) is 1.67. The van der Waals surface area contributed by atoms with E-state index in [4.69, 9.17) is 5.11 Å². The van der Waals surface area contributed by atoms with Crippen molar-refractivity contribution in [1.29, 1.82) is 0 Å². The molecule has 4 nitrogen and oxygen atoms in total. The predicted octanol–water partition coefficient (Wildman–Crippen LogP) is 0.590. The number of aliphatic carboxylic acids is 1. The van der Waals surface area contributed by atoms with Crippen LogP contribution in [0.2, 0.25) is 0 Å². The number of Topliss-reactive ketones (excluding diaryl/α,β-unsaturated/α-hetero) is 1. The molecule has 0 aliphatic rings. The number of hydrogen-bond donors (Lipinski definition) is 2. The molecule has 1 aromatic heterocycles. The Morgan fingerprint density at radius 2 is 2.18 bits per heavy atom. The third-order valence-electron chi connectivity index (χ3n) is 1.38. The summed E-state index contributed by atoms with van der Waals surface area (Å²) in [5, 5.41) is 8.31. The van der Waals surface area contributed by atoms with Gasteiger partial charge in [0.25, 0.3) is 5.78 Å². The molecule has 0 unspecified atom stereocenters. The van der Waals surface area contributed by atoms with Crippen LogP contribution in [0.25, 0.3) is 0 Å². The van der Waals surface area contributed by atoms with Gasteiger partial charge in [0, 0.05) is 6.20 Å². The molecule has 0 radical (unpaired) electrons. The van der Waals surface area contributed by atoms with Gasteiger partial charge in [-0.25, -0.2) is 4.79 Å². The number of hydrogen-bond acceptors (Lipinski definition) is 2. The van der Waals surface area contributed by atoms with Crippen LogP contribution in [0.4, 0.5) is 0 Å². The molecule has 0 spiro atoms. The van der Waals surface area contributed by atoms with Crippen molar-refractivity contribution in [2.45, 2.75) is 6.92 Å². The van der Waals surface area contributed by atoms with Gasteiger partial charge >= 0.3 is 5.97 Å². The van der Waals surface area contributed by atoms with Crippen LogP contribution in [0.15, 0.2) is 12.3 Å². The van der Waals surface area contributed by atoms with Crippen LogP contribution in [-0.4, -0.2) is 21.8 Å². The quantitative estimate of drug-likeness (QED) is 0.482. The highest BCUT2D eigenvalue weighted by molar-refractivity contribution is 6.39. The van der Waals surface area contributed by atoms with Crippen molar-refractivity contribution in [3.8, 4) is 0 Å². The summed E-state index contributed by atoms with van der Waals surface area (Å²) >= 11 is 0. The van der Waals surface area contributed by atoms with Gasteiger partial charge in [-0.3, -0.25) is 4.79 Å². The first kappa shape index (κ1) is 7.53. The fourth-order valence-corrected chi connectivity index (χ4v) is 0.799. The lowest BCUT2D eigenvalue weighted by Crippen LogP contribution is -2.13. The molecular weight excluding hydrogens is 146 g/mol. The van der Waals surface area contributed by atoms with Crippen LogP contribution in [0.1, 0.15) is 16.1 Å². The van der Waals surface area contributed by atoms with E-state index in [9.17, 15) is 9.59 Å². The molecule has 1 aromatic rings. The van der Waals surface area contributed by atoms with E-state index >= 15 is 0 Å². The zero-order valence-electron chi connectivity index (χ0n) is 5.92. The Morgan fingerprint density at radius 1 is 1.55 bits per heavy atom. The molecule has 0 saturated carbocycles. The molecule has 0 bridgehead atoms. The highest BCUT2D eigenvalue weighted by Gasteiger charge is 2.16. The normalized spacial score (nSPS) is 9.55. The molecule has 0 saturated heterocycles. The lowest BCUT2D eigenvalue weighted by atomic mass is 10.2. The third-order valence-corrected chi connectivity index (χ3v) is 1.38. The lowest BCUT2D eigenvalue weighted by Gasteiger charge is -1.91. The van der Waals surface area contributed by atoms with E-state index in [1.54, 1.807) is 13.0 Å². The maximum absolute atomic E-state index is 10.8. The fraction of sp³-hybridized carbons (Fsp3) is 0.143. The van der Waals surface area contributed by atoms with Gasteiger partial charge in [0.1, 0.15) is 0 Å². The maximum Gasteiger partial charge on any atom is 0.378 e. The summed E-state index contributed by atoms with van der Waals surface area (Å²) in [6, 6.07) is 1.65. The third kappa shape index (κ3) is 1.29. The number of carbonyl (C=O) groups excluding carboxylic acids is 1. The predicted molar refractivity (Wildman–Crippen MR) is 37.5 cm³/mol. The minimum Gasteiger partial charge on any atom is -0.475 e. The lowest BCUT2D eigenvalue weighted by molar-refractivity contribution is -0.131. The zero-order chi connectivity index (χ0) is 8.43. The molecule has 4 heteroatoms. The van der Waals surface area contributed by atoms with Crippen molar-refractivity contribution < 1.29 is 14.7 Å². The molecule has 2 N–H and O–H groups in total. The van der Waals surface area contributed by atoms with E-state index in [2.05, 4.69) is 4.98 Å². The molecule has 0 aliphatic heterocycles. The number of H-pyrrole nitrogens is 1. The zero-order valence-corrected chi connectivity index (χ0v) is 5.92. The second-order valence-electron chi connectivity index (χ2n) is 2.17. The van der Waals surface area contributed by atoms with Gasteiger partial charge in [-0.15, -0.1) is 0 Å². The molecule has 11 heavy (non-hydrogen) atoms. The van der Waals surface area contributed by atoms with E-state index in [0.717, 1.165) is 0 Å². The van der Waals surface area contributed by atoms with Crippen LogP contribution in [0, 0.1) is 6.92 Å². The Kier molecular flexibility index (Phi) is 1.76. The number of aryl methyl sites for hydroxylation is 1. The molecule has 58 valence electrons. The van der Waals surface area contributed by atoms with E-state index in [1.807, 2.05) is 0 Å². The molecule has 0 atom stereocenters. The topological polar surface area (TPSA) is 70.2 Å². The number of rotatable bonds is 2. The molecule has 1 rings (SSSR count). The van der Waals surface area contributed by atoms with Crippen LogP contribution < -0.4 is 0 Å². The number of ketones is 1. The van der Waals surface area contributed by atoms with Crippen molar-refractivity contribution >= 4 is 11.8 Å². The van der Waals surface area contributed by atoms with Crippen LogP contribution in [0.5, 0.6) is 0 Å². The molecular formula is C7H7NO3. The largest absolute Gasteiger partial charge is 0.475 e. The van der Waals surface area contributed by atoms with E-state index in [-0.39, 0.29) is 5.69 Å². The average molecular weight is 153 g/mol. The summed E-state index contributed by atoms with van der Waals surface area (Å²) in [7, 11) is 0. The minimum atomic E-state index is -1.43. The Balaban J connectivity index is 3.02. The van der Waals surface area contributed by atoms with Crippen molar-refractivity contribution in [2.75, 3.05) is 0 Å². The minimum absolute atomic E-state index is 0.150. The van der Waals surface area contributed by atoms with Gasteiger partial charge in [-0.05, 0) is 18.6 Å². The van der Waals surface area contributed by atoms with Gasteiger partial charge < -0.3 is 10.1 Å². The number of carboxylic acid groups (broad SMARTS) is 1. The molecule has 0 aliphatic carbocycles. The second-order valence-corrected chi connectivity index (χ2v) is 2.17. The first-order chi connectivity index (χ1) is 5.13. The molecule has 0 fully saturated rings. The number of carboxylic acids is 1. The van der Waals surface area contributed by atoms with Crippen LogP contribution >= 0.6 is 0 Å². The maximum atomic E-state index is 10.8. The first-order valence-electron chi connectivity index (χ1n) is 3.04. The summed E-state index contributed by atoms with van der Waals surface area (Å²) in [6.07, 6.45) is 1.53. The summed E-state index contributed by atoms with van der Waals surface area (Å²) in [5.74, 6) is -2.33. The van der Waals surface area contributed by atoms with E-state index in [0.29, 0.717) is 5.56 Å². The second kappa shape index (κ2) is 2.57. The Hall–Kier alpha value is -1.58. The fourth-order valence-electron chi connectivity index (χ4n) is 0.799. The molecule has 1 heterocycles. The van der Waals surface area contributed by atoms with Crippen molar-refractivity contribution in [1.82, 2.24) is 4.98 Å². The van der Waals surface area contributed by atoms with Crippen LogP contribution in [0.3, 0.4) is 0 Å². The number of aromatic nitrogens is 1. The number of aromatic amines is 1. The van der Waals surface area contributed by atoms with Gasteiger partial charge in [0.2, 0.25) is 0 Å². The number of carbonyl (C=O) groups is 2. The van der Waals surface area contributed by atoms with Crippen molar-refractivity contribution in [3.63, 3.8) is 0 Å². The Labute approximate surface area is 62.9 Å². The van der Waals surface area contributed by atoms with Gasteiger partial charge in [-0.2, -0.15) is 0 Å². The summed E-state index contributed by atoms with van der Waals surface area (Å²) < 4.78 is 0. The van der Waals surface area contributed by atoms with Gasteiger partial charge in [0.05, 0.1) is 5.69 Å². The van der Waals surface area contributed by atoms with Crippen molar-refractivity contribution in [3.05, 3.63) is 23.5 Å². The Morgan fingerprint density at radius 3 is 2.55 bits per heavy atom. The van der Waals surface area contributed by atoms with Crippen LogP contribution in [-0.2, 0) is 4.79 Å². The highest BCUT2D eigenvalue weighted by Crippen LogP contribution is 2.04. The SMILES string of the molecule is Cc1cc[nH]c1C(=O)C(=O)O. The highest BCUT2D eigenvalue weighted by atomic mass is 16.4. The standard InChI is InChI=1S/C7H7NO3/c1-4-2-3-8-5(4)6(9)7(10)11/h2-3,8H,1H3,(H,10,11). The Bertz CT molecular complexity index is 300. The van der Waals surface area contributed by atoms with Gasteiger partial charge in [-0.1, -0.05) is 0 Å². The van der Waals surface area contributed by atoms with Gasteiger partial charge in [0.15, 0.2) is 0 Å². The summed E-state index contributed by atoms with van der Waals surface area (Å²) in [5.41, 5.74) is 0.801. The first-order valence-corrected chi connectivity index (χ1v) is 3.04. The molecule has 0 amide bonds. The molecule has 0 aromatic carbocycles. The average Bonchev–Trinajstić information content (AvgIpc) is 2.33. The smallest absolute Gasteiger partial charge is 0.378 e. The monoisotopic (exact) mass is 153 g/mol. The van der Waals surface area contributed by atoms with E-state index in [1.165, 1.54) is 6.20 Å². The van der Waals surface area contributed by atoms with E-state index < -0.39 is 11.8 Å². The number of nitrogens with one attached hydrogen (secondary N) is 1. The van der Waals surface area contributed by atoms with Crippen molar-refractivity contribution in [2.24, 2.45) is 0 Å². The summed E-state index contributed by atoms with van der Waals surface area (Å²) in [4.78, 5) is 23.5.